The Morgan fingerprint density at radius 2 is 1.96 bits per heavy atom. The van der Waals surface area contributed by atoms with Crippen LogP contribution in [0.4, 0.5) is 0 Å². The van der Waals surface area contributed by atoms with Gasteiger partial charge in [0.25, 0.3) is 0 Å². The Labute approximate surface area is 165 Å². The van der Waals surface area contributed by atoms with E-state index in [9.17, 15) is 20.1 Å². The van der Waals surface area contributed by atoms with E-state index in [1.807, 2.05) is 18.2 Å². The summed E-state index contributed by atoms with van der Waals surface area (Å²) in [5.41, 5.74) is 2.93. The van der Waals surface area contributed by atoms with Gasteiger partial charge in [0, 0.05) is 18.8 Å². The van der Waals surface area contributed by atoms with Crippen molar-refractivity contribution in [1.82, 2.24) is 0 Å². The zero-order valence-corrected chi connectivity index (χ0v) is 15.7. The minimum absolute atomic E-state index is 0.0555. The van der Waals surface area contributed by atoms with Crippen molar-refractivity contribution in [3.63, 3.8) is 0 Å². The van der Waals surface area contributed by atoms with Gasteiger partial charge in [0.05, 0.1) is 12.2 Å². The maximum atomic E-state index is 10.5. The van der Waals surface area contributed by atoms with Crippen molar-refractivity contribution in [1.29, 1.82) is 0 Å². The molecular formula is C22H28O6. The second kappa shape index (κ2) is 11.5. The van der Waals surface area contributed by atoms with Gasteiger partial charge in [-0.3, -0.25) is 4.79 Å². The number of aliphatic hydroxyl groups is 3. The van der Waals surface area contributed by atoms with Gasteiger partial charge in [0.15, 0.2) is 0 Å². The van der Waals surface area contributed by atoms with Gasteiger partial charge in [-0.1, -0.05) is 30.4 Å². The van der Waals surface area contributed by atoms with Crippen molar-refractivity contribution < 1.29 is 30.0 Å². The lowest BCUT2D eigenvalue weighted by Gasteiger charge is -2.19. The Hall–Kier alpha value is -2.37. The van der Waals surface area contributed by atoms with Crippen LogP contribution in [-0.4, -0.2) is 51.3 Å². The molecule has 0 aliphatic heterocycles. The van der Waals surface area contributed by atoms with E-state index in [2.05, 4.69) is 5.73 Å². The zero-order valence-electron chi connectivity index (χ0n) is 15.7. The highest BCUT2D eigenvalue weighted by atomic mass is 16.5. The summed E-state index contributed by atoms with van der Waals surface area (Å²) in [6.45, 7) is 0.1000. The topological polar surface area (TPSA) is 107 Å². The first kappa shape index (κ1) is 21.9. The summed E-state index contributed by atoms with van der Waals surface area (Å²) in [5, 5.41) is 39.1. The molecule has 5 unspecified atom stereocenters. The van der Waals surface area contributed by atoms with Crippen LogP contribution in [0.25, 0.3) is 0 Å². The molecule has 1 aliphatic carbocycles. The third kappa shape index (κ3) is 7.33. The number of allylic oxidation sites excluding steroid dienone is 1. The normalized spacial score (nSPS) is 25.2. The molecule has 6 nitrogen and oxygen atoms in total. The highest BCUT2D eigenvalue weighted by molar-refractivity contribution is 5.66. The molecule has 0 saturated heterocycles. The van der Waals surface area contributed by atoms with Gasteiger partial charge in [-0.15, -0.1) is 5.73 Å². The van der Waals surface area contributed by atoms with Crippen molar-refractivity contribution >= 4 is 5.97 Å². The summed E-state index contributed by atoms with van der Waals surface area (Å²) in [6, 6.07) is 9.19. The van der Waals surface area contributed by atoms with Crippen molar-refractivity contribution in [3.05, 3.63) is 60.4 Å². The van der Waals surface area contributed by atoms with Crippen LogP contribution in [0.3, 0.4) is 0 Å². The summed E-state index contributed by atoms with van der Waals surface area (Å²) in [7, 11) is 0. The summed E-state index contributed by atoms with van der Waals surface area (Å²) in [6.07, 6.45) is 5.85. The quantitative estimate of drug-likeness (QED) is 0.362. The number of para-hydroxylation sites is 1. The highest BCUT2D eigenvalue weighted by Crippen LogP contribution is 2.36. The summed E-state index contributed by atoms with van der Waals surface area (Å²) in [5.74, 6) is -0.649. The fraction of sp³-hybridized carbons (Fsp3) is 0.455. The van der Waals surface area contributed by atoms with E-state index in [0.29, 0.717) is 18.6 Å². The predicted octanol–water partition coefficient (Wildman–Crippen LogP) is 2.31. The molecule has 4 N–H and O–H groups in total. The molecule has 5 atom stereocenters. The first-order valence-corrected chi connectivity index (χ1v) is 9.49. The Balaban J connectivity index is 1.87. The fourth-order valence-electron chi connectivity index (χ4n) is 3.28. The SMILES string of the molecule is O=C(O)CCC=C=CCC1C(O)CC(O)C1C=CC(O)COc1ccccc1. The van der Waals surface area contributed by atoms with Crippen LogP contribution in [0.5, 0.6) is 5.75 Å². The van der Waals surface area contributed by atoms with Gasteiger partial charge >= 0.3 is 5.97 Å². The Kier molecular flexibility index (Phi) is 8.98. The van der Waals surface area contributed by atoms with E-state index in [1.165, 1.54) is 0 Å². The van der Waals surface area contributed by atoms with E-state index in [1.54, 1.807) is 36.4 Å². The molecule has 0 bridgehead atoms. The number of aliphatic hydroxyl groups excluding tert-OH is 3. The van der Waals surface area contributed by atoms with Crippen LogP contribution in [0.2, 0.25) is 0 Å². The summed E-state index contributed by atoms with van der Waals surface area (Å²) >= 11 is 0. The Morgan fingerprint density at radius 3 is 2.68 bits per heavy atom. The number of rotatable bonds is 10. The number of ether oxygens (including phenoxy) is 1. The van der Waals surface area contributed by atoms with Gasteiger partial charge in [-0.05, 0) is 43.0 Å². The number of hydrogen-bond acceptors (Lipinski definition) is 5. The molecule has 1 aromatic rings. The zero-order chi connectivity index (χ0) is 20.4. The van der Waals surface area contributed by atoms with E-state index in [-0.39, 0.29) is 31.3 Å². The number of benzene rings is 1. The monoisotopic (exact) mass is 388 g/mol. The van der Waals surface area contributed by atoms with E-state index in [4.69, 9.17) is 9.84 Å². The van der Waals surface area contributed by atoms with Crippen molar-refractivity contribution in [2.24, 2.45) is 11.8 Å². The minimum Gasteiger partial charge on any atom is -0.491 e. The molecule has 1 saturated carbocycles. The van der Waals surface area contributed by atoms with E-state index < -0.39 is 24.3 Å². The first-order chi connectivity index (χ1) is 13.5. The minimum atomic E-state index is -0.854. The van der Waals surface area contributed by atoms with Gasteiger partial charge in [-0.2, -0.15) is 0 Å². The third-order valence-corrected chi connectivity index (χ3v) is 4.76. The van der Waals surface area contributed by atoms with E-state index in [0.717, 1.165) is 0 Å². The van der Waals surface area contributed by atoms with Crippen LogP contribution in [0, 0.1) is 11.8 Å². The maximum absolute atomic E-state index is 10.5. The second-order valence-corrected chi connectivity index (χ2v) is 6.93. The number of carboxylic acid groups (broad SMARTS) is 1. The van der Waals surface area contributed by atoms with Gasteiger partial charge in [0.2, 0.25) is 0 Å². The molecule has 0 heterocycles. The summed E-state index contributed by atoms with van der Waals surface area (Å²) in [4.78, 5) is 10.5. The van der Waals surface area contributed by atoms with Gasteiger partial charge in [-0.25, -0.2) is 0 Å². The molecule has 2 rings (SSSR count). The Bertz CT molecular complexity index is 692. The Morgan fingerprint density at radius 1 is 1.21 bits per heavy atom. The standard InChI is InChI=1S/C22H28O6/c23-16(15-28-17-8-4-3-5-9-17)12-13-19-18(20(24)14-21(19)25)10-6-1-2-7-11-22(26)27/h2-6,8-9,12-13,16,18-21,23-25H,7,10-11,14-15H2,(H,26,27). The van der Waals surface area contributed by atoms with Crippen molar-refractivity contribution in [2.75, 3.05) is 6.61 Å². The van der Waals surface area contributed by atoms with Crippen LogP contribution in [-0.2, 0) is 4.79 Å². The summed E-state index contributed by atoms with van der Waals surface area (Å²) < 4.78 is 5.50. The molecule has 0 amide bonds. The molecule has 1 aromatic carbocycles. The van der Waals surface area contributed by atoms with Crippen LogP contribution < -0.4 is 4.74 Å². The van der Waals surface area contributed by atoms with Crippen LogP contribution >= 0.6 is 0 Å². The predicted molar refractivity (Wildman–Crippen MR) is 105 cm³/mol. The lowest BCUT2D eigenvalue weighted by atomic mass is 9.90. The molecule has 0 spiro atoms. The average molecular weight is 388 g/mol. The molecular weight excluding hydrogens is 360 g/mol. The highest BCUT2D eigenvalue weighted by Gasteiger charge is 2.39. The maximum Gasteiger partial charge on any atom is 0.303 e. The molecule has 1 aliphatic rings. The van der Waals surface area contributed by atoms with Gasteiger partial charge < -0.3 is 25.2 Å². The lowest BCUT2D eigenvalue weighted by Crippen LogP contribution is -2.21. The van der Waals surface area contributed by atoms with Gasteiger partial charge in [0.1, 0.15) is 18.5 Å². The molecule has 6 heteroatoms. The van der Waals surface area contributed by atoms with Crippen molar-refractivity contribution in [2.45, 2.75) is 44.0 Å². The smallest absolute Gasteiger partial charge is 0.303 e. The van der Waals surface area contributed by atoms with E-state index >= 15 is 0 Å². The molecule has 0 radical (unpaired) electrons. The third-order valence-electron chi connectivity index (χ3n) is 4.76. The fourth-order valence-corrected chi connectivity index (χ4v) is 3.28. The number of carboxylic acids is 1. The second-order valence-electron chi connectivity index (χ2n) is 6.93. The largest absolute Gasteiger partial charge is 0.491 e. The first-order valence-electron chi connectivity index (χ1n) is 9.49. The lowest BCUT2D eigenvalue weighted by molar-refractivity contribution is -0.136. The van der Waals surface area contributed by atoms with Crippen LogP contribution in [0.15, 0.2) is 60.4 Å². The average Bonchev–Trinajstić information content (AvgIpc) is 2.94. The molecule has 0 aromatic heterocycles. The number of aliphatic carboxylic acids is 1. The molecule has 28 heavy (non-hydrogen) atoms. The number of hydrogen-bond donors (Lipinski definition) is 4. The molecule has 152 valence electrons. The van der Waals surface area contributed by atoms with Crippen LogP contribution in [0.1, 0.15) is 25.7 Å². The molecule has 1 fully saturated rings. The van der Waals surface area contributed by atoms with Crippen molar-refractivity contribution in [3.8, 4) is 5.75 Å². The number of carbonyl (C=O) groups is 1.